The number of aromatic hydroxyl groups is 1. The van der Waals surface area contributed by atoms with Gasteiger partial charge >= 0.3 is 0 Å². The van der Waals surface area contributed by atoms with Crippen LogP contribution >= 0.6 is 0 Å². The summed E-state index contributed by atoms with van der Waals surface area (Å²) in [5, 5.41) is 21.7. The Morgan fingerprint density at radius 2 is 1.67 bits per heavy atom. The van der Waals surface area contributed by atoms with Crippen LogP contribution in [0.25, 0.3) is 0 Å². The third kappa shape index (κ3) is 4.73. The molecule has 0 atom stereocenters. The van der Waals surface area contributed by atoms with Gasteiger partial charge in [0.25, 0.3) is 5.69 Å². The summed E-state index contributed by atoms with van der Waals surface area (Å²) in [6.07, 6.45) is 1.63. The van der Waals surface area contributed by atoms with Gasteiger partial charge in [-0.3, -0.25) is 15.1 Å². The average Bonchev–Trinajstić information content (AvgIpc) is 2.52. The molecule has 0 amide bonds. The van der Waals surface area contributed by atoms with Crippen molar-refractivity contribution < 1.29 is 10.0 Å². The summed E-state index contributed by atoms with van der Waals surface area (Å²) in [6, 6.07) is 8.57. The number of nitrogens with zero attached hydrogens (tertiary/aromatic N) is 2. The molecule has 0 aliphatic heterocycles. The predicted octanol–water partition coefficient (Wildman–Crippen LogP) is 5.95. The summed E-state index contributed by atoms with van der Waals surface area (Å²) in [4.78, 5) is 14.9. The highest BCUT2D eigenvalue weighted by molar-refractivity contribution is 5.87. The minimum atomic E-state index is -0.422. The minimum absolute atomic E-state index is 0.0408. The maximum atomic E-state index is 10.9. The van der Waals surface area contributed by atoms with Crippen molar-refractivity contribution in [3.05, 3.63) is 62.7 Å². The predicted molar refractivity (Wildman–Crippen MR) is 111 cm³/mol. The van der Waals surface area contributed by atoms with Crippen LogP contribution in [0.2, 0.25) is 0 Å². The highest BCUT2D eigenvalue weighted by atomic mass is 16.6. The van der Waals surface area contributed by atoms with E-state index in [1.807, 2.05) is 6.07 Å². The van der Waals surface area contributed by atoms with Crippen LogP contribution in [0.5, 0.6) is 5.75 Å². The molecule has 5 heteroatoms. The van der Waals surface area contributed by atoms with Crippen molar-refractivity contribution in [1.29, 1.82) is 0 Å². The van der Waals surface area contributed by atoms with Crippen molar-refractivity contribution in [3.63, 3.8) is 0 Å². The van der Waals surface area contributed by atoms with Crippen molar-refractivity contribution in [2.24, 2.45) is 4.99 Å². The number of hydrogen-bond donors (Lipinski definition) is 1. The fourth-order valence-corrected chi connectivity index (χ4v) is 2.80. The third-order valence-electron chi connectivity index (χ3n) is 4.55. The standard InChI is InChI=1S/C22H28N2O3/c1-14-10-17(24(26)27)8-9-19(14)23-13-15-11-16(21(2,3)4)12-18(20(15)25)22(5,6)7/h8-13,25H,1-7H3. The zero-order valence-electron chi connectivity index (χ0n) is 17.1. The molecule has 0 fully saturated rings. The topological polar surface area (TPSA) is 75.7 Å². The van der Waals surface area contributed by atoms with Gasteiger partial charge in [-0.1, -0.05) is 47.6 Å². The van der Waals surface area contributed by atoms with Crippen molar-refractivity contribution in [3.8, 4) is 5.75 Å². The number of aliphatic imine (C=N–C) groups is 1. The second-order valence-corrected chi connectivity index (χ2v) is 8.95. The number of phenolic OH excluding ortho intramolecular Hbond substituents is 1. The number of hydrogen-bond acceptors (Lipinski definition) is 4. The van der Waals surface area contributed by atoms with Crippen molar-refractivity contribution in [2.45, 2.75) is 59.3 Å². The Morgan fingerprint density at radius 1 is 1.04 bits per heavy atom. The first kappa shape index (κ1) is 20.6. The molecule has 2 rings (SSSR count). The molecular formula is C22H28N2O3. The quantitative estimate of drug-likeness (QED) is 0.413. The molecule has 27 heavy (non-hydrogen) atoms. The smallest absolute Gasteiger partial charge is 0.269 e. The average molecular weight is 368 g/mol. The Morgan fingerprint density at radius 3 is 2.15 bits per heavy atom. The van der Waals surface area contributed by atoms with Gasteiger partial charge in [-0.25, -0.2) is 0 Å². The van der Waals surface area contributed by atoms with E-state index in [9.17, 15) is 15.2 Å². The lowest BCUT2D eigenvalue weighted by atomic mass is 9.79. The molecule has 0 unspecified atom stereocenters. The Labute approximate surface area is 160 Å². The monoisotopic (exact) mass is 368 g/mol. The number of non-ortho nitro benzene ring substituents is 1. The number of rotatable bonds is 3. The van der Waals surface area contributed by atoms with Crippen LogP contribution in [-0.2, 0) is 10.8 Å². The van der Waals surface area contributed by atoms with Crippen molar-refractivity contribution in [2.75, 3.05) is 0 Å². The second-order valence-electron chi connectivity index (χ2n) is 8.95. The third-order valence-corrected chi connectivity index (χ3v) is 4.55. The Balaban J connectivity index is 2.55. The van der Waals surface area contributed by atoms with Gasteiger partial charge in [0.2, 0.25) is 0 Å². The number of phenols is 1. The first-order valence-electron chi connectivity index (χ1n) is 8.98. The van der Waals surface area contributed by atoms with Crippen molar-refractivity contribution >= 4 is 17.6 Å². The summed E-state index contributed by atoms with van der Waals surface area (Å²) < 4.78 is 0. The van der Waals surface area contributed by atoms with E-state index >= 15 is 0 Å². The van der Waals surface area contributed by atoms with E-state index in [0.717, 1.165) is 11.1 Å². The van der Waals surface area contributed by atoms with Crippen LogP contribution < -0.4 is 0 Å². The molecule has 2 aromatic carbocycles. The molecule has 0 spiro atoms. The van der Waals surface area contributed by atoms with Gasteiger partial charge in [-0.2, -0.15) is 0 Å². The fraction of sp³-hybridized carbons (Fsp3) is 0.409. The molecule has 0 aliphatic rings. The van der Waals surface area contributed by atoms with Gasteiger partial charge in [-0.15, -0.1) is 0 Å². The van der Waals surface area contributed by atoms with E-state index in [1.165, 1.54) is 12.1 Å². The lowest BCUT2D eigenvalue weighted by molar-refractivity contribution is -0.384. The van der Waals surface area contributed by atoms with Gasteiger partial charge in [0, 0.05) is 29.5 Å². The van der Waals surface area contributed by atoms with Crippen LogP contribution in [0, 0.1) is 17.0 Å². The molecule has 0 aromatic heterocycles. The summed E-state index contributed by atoms with van der Waals surface area (Å²) in [5.41, 5.74) is 3.74. The van der Waals surface area contributed by atoms with Crippen LogP contribution in [-0.4, -0.2) is 16.2 Å². The lowest BCUT2D eigenvalue weighted by Crippen LogP contribution is -2.17. The first-order valence-corrected chi connectivity index (χ1v) is 8.98. The molecule has 0 bridgehead atoms. The van der Waals surface area contributed by atoms with E-state index in [-0.39, 0.29) is 22.3 Å². The first-order chi connectivity index (χ1) is 12.3. The highest BCUT2D eigenvalue weighted by Crippen LogP contribution is 2.37. The van der Waals surface area contributed by atoms with E-state index in [2.05, 4.69) is 52.6 Å². The molecule has 0 saturated heterocycles. The molecule has 2 aromatic rings. The zero-order valence-corrected chi connectivity index (χ0v) is 17.1. The van der Waals surface area contributed by atoms with Gasteiger partial charge in [0.05, 0.1) is 10.6 Å². The lowest BCUT2D eigenvalue weighted by Gasteiger charge is -2.27. The van der Waals surface area contributed by atoms with Crippen LogP contribution in [0.3, 0.4) is 0 Å². The van der Waals surface area contributed by atoms with E-state index in [1.54, 1.807) is 19.2 Å². The molecule has 5 nitrogen and oxygen atoms in total. The normalized spacial score (nSPS) is 12.6. The highest BCUT2D eigenvalue weighted by Gasteiger charge is 2.24. The van der Waals surface area contributed by atoms with Gasteiger partial charge in [0.15, 0.2) is 0 Å². The molecular weight excluding hydrogens is 340 g/mol. The van der Waals surface area contributed by atoms with Gasteiger partial charge in [-0.05, 0) is 41.0 Å². The molecule has 0 heterocycles. The molecule has 0 saturated carbocycles. The molecule has 1 N–H and O–H groups in total. The number of nitro groups is 1. The number of nitro benzene ring substituents is 1. The van der Waals surface area contributed by atoms with Gasteiger partial charge < -0.3 is 5.11 Å². The zero-order chi connectivity index (χ0) is 20.6. The van der Waals surface area contributed by atoms with Crippen LogP contribution in [0.4, 0.5) is 11.4 Å². The second kappa shape index (κ2) is 7.14. The fourth-order valence-electron chi connectivity index (χ4n) is 2.80. The summed E-state index contributed by atoms with van der Waals surface area (Å²) >= 11 is 0. The SMILES string of the molecule is Cc1cc([N+](=O)[O-])ccc1N=Cc1cc(C(C)(C)C)cc(C(C)(C)C)c1O. The maximum Gasteiger partial charge on any atom is 0.269 e. The van der Waals surface area contributed by atoms with Crippen LogP contribution in [0.15, 0.2) is 35.3 Å². The van der Waals surface area contributed by atoms with E-state index < -0.39 is 4.92 Å². The number of benzene rings is 2. The minimum Gasteiger partial charge on any atom is -0.507 e. The Hall–Kier alpha value is -2.69. The summed E-state index contributed by atoms with van der Waals surface area (Å²) in [7, 11) is 0. The van der Waals surface area contributed by atoms with E-state index in [4.69, 9.17) is 0 Å². The Kier molecular flexibility index (Phi) is 5.45. The van der Waals surface area contributed by atoms with Crippen molar-refractivity contribution in [1.82, 2.24) is 0 Å². The van der Waals surface area contributed by atoms with E-state index in [0.29, 0.717) is 16.8 Å². The maximum absolute atomic E-state index is 10.9. The van der Waals surface area contributed by atoms with Gasteiger partial charge in [0.1, 0.15) is 5.75 Å². The molecule has 144 valence electrons. The molecule has 0 radical (unpaired) electrons. The van der Waals surface area contributed by atoms with Crippen LogP contribution in [0.1, 0.15) is 63.8 Å². The number of aryl methyl sites for hydroxylation is 1. The molecule has 0 aliphatic carbocycles. The largest absolute Gasteiger partial charge is 0.507 e. The summed E-state index contributed by atoms with van der Waals surface area (Å²) in [6.45, 7) is 14.4. The summed E-state index contributed by atoms with van der Waals surface area (Å²) in [5.74, 6) is 0.221. The Bertz CT molecular complexity index is 901.